The van der Waals surface area contributed by atoms with E-state index in [0.717, 1.165) is 10.4 Å². The Labute approximate surface area is 132 Å². The zero-order valence-electron chi connectivity index (χ0n) is 12.0. The molecule has 0 spiro atoms. The molecule has 0 saturated carbocycles. The van der Waals surface area contributed by atoms with Crippen molar-refractivity contribution in [2.24, 2.45) is 5.73 Å². The molecule has 2 amide bonds. The van der Waals surface area contributed by atoms with Gasteiger partial charge >= 0.3 is 0 Å². The van der Waals surface area contributed by atoms with Gasteiger partial charge in [-0.3, -0.25) is 9.59 Å². The van der Waals surface area contributed by atoms with Crippen LogP contribution >= 0.6 is 11.3 Å². The third-order valence-corrected chi connectivity index (χ3v) is 4.65. The van der Waals surface area contributed by atoms with E-state index in [-0.39, 0.29) is 11.8 Å². The Morgan fingerprint density at radius 2 is 2.09 bits per heavy atom. The van der Waals surface area contributed by atoms with E-state index >= 15 is 0 Å². The Bertz CT molecular complexity index is 667. The lowest BCUT2D eigenvalue weighted by Crippen LogP contribution is -2.51. The first kappa shape index (κ1) is 14.7. The molecule has 0 bridgehead atoms. The van der Waals surface area contributed by atoms with Crippen LogP contribution in [0.5, 0.6) is 0 Å². The van der Waals surface area contributed by atoms with E-state index in [0.29, 0.717) is 25.2 Å². The minimum atomic E-state index is -0.546. The summed E-state index contributed by atoms with van der Waals surface area (Å²) in [6.07, 6.45) is 0. The van der Waals surface area contributed by atoms with Crippen LogP contribution in [-0.2, 0) is 11.3 Å². The fraction of sp³-hybridized carbons (Fsp3) is 0.250. The molecular formula is C16H17N3O2S. The van der Waals surface area contributed by atoms with Gasteiger partial charge in [0, 0.05) is 30.1 Å². The zero-order valence-corrected chi connectivity index (χ0v) is 12.8. The van der Waals surface area contributed by atoms with Crippen molar-refractivity contribution in [2.75, 3.05) is 13.1 Å². The minimum absolute atomic E-state index is 0.124. The molecule has 1 aliphatic rings. The highest BCUT2D eigenvalue weighted by Gasteiger charge is 2.35. The summed E-state index contributed by atoms with van der Waals surface area (Å²) >= 11 is 1.48. The SMILES string of the molecule is NCc1ccc(C(=O)N2CCNC(=O)C2c2cccs2)cc1. The first-order valence-electron chi connectivity index (χ1n) is 7.12. The van der Waals surface area contributed by atoms with Crippen LogP contribution in [0.2, 0.25) is 0 Å². The average Bonchev–Trinajstić information content (AvgIpc) is 3.08. The molecule has 1 unspecified atom stereocenters. The summed E-state index contributed by atoms with van der Waals surface area (Å²) in [5.41, 5.74) is 7.13. The average molecular weight is 315 g/mol. The number of rotatable bonds is 3. The van der Waals surface area contributed by atoms with Gasteiger partial charge in [0.25, 0.3) is 5.91 Å². The molecule has 2 aromatic rings. The van der Waals surface area contributed by atoms with Crippen LogP contribution in [0.15, 0.2) is 41.8 Å². The monoisotopic (exact) mass is 315 g/mol. The number of nitrogens with one attached hydrogen (secondary N) is 1. The molecule has 0 radical (unpaired) electrons. The van der Waals surface area contributed by atoms with Gasteiger partial charge in [-0.05, 0) is 29.1 Å². The normalized spacial score (nSPS) is 18.1. The van der Waals surface area contributed by atoms with Gasteiger partial charge in [-0.25, -0.2) is 0 Å². The van der Waals surface area contributed by atoms with Crippen LogP contribution in [0.3, 0.4) is 0 Å². The number of carbonyl (C=O) groups is 2. The molecule has 0 aliphatic carbocycles. The second-order valence-electron chi connectivity index (χ2n) is 5.11. The van der Waals surface area contributed by atoms with Crippen LogP contribution < -0.4 is 11.1 Å². The first-order chi connectivity index (χ1) is 10.7. The third-order valence-electron chi connectivity index (χ3n) is 3.72. The Morgan fingerprint density at radius 1 is 1.32 bits per heavy atom. The van der Waals surface area contributed by atoms with E-state index in [4.69, 9.17) is 5.73 Å². The van der Waals surface area contributed by atoms with Crippen LogP contribution in [0.4, 0.5) is 0 Å². The van der Waals surface area contributed by atoms with Gasteiger partial charge in [0.2, 0.25) is 5.91 Å². The van der Waals surface area contributed by atoms with Crippen molar-refractivity contribution in [3.63, 3.8) is 0 Å². The number of hydrogen-bond donors (Lipinski definition) is 2. The molecule has 2 heterocycles. The van der Waals surface area contributed by atoms with Gasteiger partial charge in [0.1, 0.15) is 6.04 Å². The molecule has 1 atom stereocenters. The van der Waals surface area contributed by atoms with E-state index in [1.54, 1.807) is 17.0 Å². The topological polar surface area (TPSA) is 75.4 Å². The van der Waals surface area contributed by atoms with Gasteiger partial charge in [-0.1, -0.05) is 18.2 Å². The summed E-state index contributed by atoms with van der Waals surface area (Å²) in [6.45, 7) is 1.43. The van der Waals surface area contributed by atoms with Gasteiger partial charge in [0.15, 0.2) is 0 Å². The Hall–Kier alpha value is -2.18. The van der Waals surface area contributed by atoms with Crippen LogP contribution in [0.1, 0.15) is 26.8 Å². The molecule has 1 aromatic carbocycles. The summed E-state index contributed by atoms with van der Waals surface area (Å²) in [7, 11) is 0. The number of carbonyl (C=O) groups excluding carboxylic acids is 2. The Morgan fingerprint density at radius 3 is 2.73 bits per heavy atom. The van der Waals surface area contributed by atoms with Crippen LogP contribution in [-0.4, -0.2) is 29.8 Å². The van der Waals surface area contributed by atoms with E-state index in [1.807, 2.05) is 29.6 Å². The number of hydrogen-bond acceptors (Lipinski definition) is 4. The number of thiophene rings is 1. The Balaban J connectivity index is 1.89. The van der Waals surface area contributed by atoms with Gasteiger partial charge in [-0.2, -0.15) is 0 Å². The second kappa shape index (κ2) is 6.29. The van der Waals surface area contributed by atoms with Crippen molar-refractivity contribution in [3.8, 4) is 0 Å². The largest absolute Gasteiger partial charge is 0.352 e. The minimum Gasteiger partial charge on any atom is -0.352 e. The van der Waals surface area contributed by atoms with Gasteiger partial charge in [-0.15, -0.1) is 11.3 Å². The molecule has 1 saturated heterocycles. The van der Waals surface area contributed by atoms with Gasteiger partial charge < -0.3 is 16.0 Å². The highest BCUT2D eigenvalue weighted by atomic mass is 32.1. The first-order valence-corrected chi connectivity index (χ1v) is 8.00. The van der Waals surface area contributed by atoms with Crippen molar-refractivity contribution in [3.05, 3.63) is 57.8 Å². The summed E-state index contributed by atoms with van der Waals surface area (Å²) in [5.74, 6) is -0.252. The van der Waals surface area contributed by atoms with Crippen LogP contribution in [0.25, 0.3) is 0 Å². The smallest absolute Gasteiger partial charge is 0.254 e. The lowest BCUT2D eigenvalue weighted by Gasteiger charge is -2.34. The third kappa shape index (κ3) is 2.75. The summed E-state index contributed by atoms with van der Waals surface area (Å²) in [4.78, 5) is 27.5. The maximum Gasteiger partial charge on any atom is 0.254 e. The maximum atomic E-state index is 12.8. The molecule has 3 rings (SSSR count). The van der Waals surface area contributed by atoms with Crippen molar-refractivity contribution in [1.82, 2.24) is 10.2 Å². The highest BCUT2D eigenvalue weighted by molar-refractivity contribution is 7.10. The number of amides is 2. The quantitative estimate of drug-likeness (QED) is 0.902. The molecule has 1 aliphatic heterocycles. The molecule has 6 heteroatoms. The molecule has 1 aromatic heterocycles. The number of nitrogens with two attached hydrogens (primary N) is 1. The molecule has 5 nitrogen and oxygen atoms in total. The predicted molar refractivity (Wildman–Crippen MR) is 85.4 cm³/mol. The van der Waals surface area contributed by atoms with E-state index < -0.39 is 6.04 Å². The standard InChI is InChI=1S/C16H17N3O2S/c17-10-11-3-5-12(6-4-11)16(21)19-8-7-18-15(20)14(19)13-2-1-9-22-13/h1-6,9,14H,7-8,10,17H2,(H,18,20). The van der Waals surface area contributed by atoms with E-state index in [9.17, 15) is 9.59 Å². The van der Waals surface area contributed by atoms with E-state index in [2.05, 4.69) is 5.32 Å². The Kier molecular flexibility index (Phi) is 4.22. The predicted octanol–water partition coefficient (Wildman–Crippen LogP) is 1.52. The molecule has 3 N–H and O–H groups in total. The van der Waals surface area contributed by atoms with Crippen molar-refractivity contribution in [2.45, 2.75) is 12.6 Å². The lowest BCUT2D eigenvalue weighted by molar-refractivity contribution is -0.127. The molecule has 114 valence electrons. The lowest BCUT2D eigenvalue weighted by atomic mass is 10.1. The number of piperazine rings is 1. The van der Waals surface area contributed by atoms with Crippen molar-refractivity contribution >= 4 is 23.2 Å². The molecular weight excluding hydrogens is 298 g/mol. The molecule has 1 fully saturated rings. The molecule has 22 heavy (non-hydrogen) atoms. The number of nitrogens with zero attached hydrogens (tertiary/aromatic N) is 1. The summed E-state index contributed by atoms with van der Waals surface area (Å²) in [6, 6.07) is 10.5. The fourth-order valence-electron chi connectivity index (χ4n) is 2.56. The van der Waals surface area contributed by atoms with E-state index in [1.165, 1.54) is 11.3 Å². The summed E-state index contributed by atoms with van der Waals surface area (Å²) in [5, 5.41) is 4.74. The second-order valence-corrected chi connectivity index (χ2v) is 6.09. The number of benzene rings is 1. The zero-order chi connectivity index (χ0) is 15.5. The highest BCUT2D eigenvalue weighted by Crippen LogP contribution is 2.28. The fourth-order valence-corrected chi connectivity index (χ4v) is 3.40. The maximum absolute atomic E-state index is 12.8. The van der Waals surface area contributed by atoms with Gasteiger partial charge in [0.05, 0.1) is 0 Å². The summed E-state index contributed by atoms with van der Waals surface area (Å²) < 4.78 is 0. The van der Waals surface area contributed by atoms with Crippen molar-refractivity contribution < 1.29 is 9.59 Å². The van der Waals surface area contributed by atoms with Crippen molar-refractivity contribution in [1.29, 1.82) is 0 Å². The van der Waals surface area contributed by atoms with Crippen LogP contribution in [0, 0.1) is 0 Å².